The smallest absolute Gasteiger partial charge is 0.214 e. The standard InChI is InChI=1S/C13H21NO3S/c1-2-14(12-13-8-4-3-5-9-13)18(16,17)11-7-6-10-15/h3-5,8-9,15H,2,6-7,10-12H2,1H3. The minimum Gasteiger partial charge on any atom is -0.396 e. The third kappa shape index (κ3) is 4.76. The van der Waals surface area contributed by atoms with Crippen LogP contribution in [0.1, 0.15) is 25.3 Å². The molecule has 0 heterocycles. The van der Waals surface area contributed by atoms with Crippen molar-refractivity contribution in [2.45, 2.75) is 26.3 Å². The molecule has 0 aliphatic heterocycles. The Morgan fingerprint density at radius 2 is 1.83 bits per heavy atom. The van der Waals surface area contributed by atoms with E-state index in [2.05, 4.69) is 0 Å². The maximum atomic E-state index is 12.1. The summed E-state index contributed by atoms with van der Waals surface area (Å²) in [6.07, 6.45) is 1.03. The molecule has 0 spiro atoms. The zero-order valence-corrected chi connectivity index (χ0v) is 11.6. The van der Waals surface area contributed by atoms with Gasteiger partial charge in [0.15, 0.2) is 0 Å². The average molecular weight is 271 g/mol. The number of hydrogen-bond acceptors (Lipinski definition) is 3. The molecule has 1 rings (SSSR count). The van der Waals surface area contributed by atoms with Crippen molar-refractivity contribution in [3.05, 3.63) is 35.9 Å². The minimum absolute atomic E-state index is 0.0420. The number of hydrogen-bond donors (Lipinski definition) is 1. The maximum absolute atomic E-state index is 12.1. The molecule has 0 aliphatic carbocycles. The Balaban J connectivity index is 2.65. The Kier molecular flexibility index (Phi) is 6.32. The lowest BCUT2D eigenvalue weighted by Crippen LogP contribution is -2.32. The first-order valence-corrected chi connectivity index (χ1v) is 7.83. The second-order valence-electron chi connectivity index (χ2n) is 4.16. The van der Waals surface area contributed by atoms with Gasteiger partial charge in [-0.05, 0) is 18.4 Å². The highest BCUT2D eigenvalue weighted by molar-refractivity contribution is 7.89. The molecule has 0 saturated carbocycles. The summed E-state index contributed by atoms with van der Waals surface area (Å²) in [4.78, 5) is 0. The summed E-state index contributed by atoms with van der Waals surface area (Å²) < 4.78 is 25.7. The number of benzene rings is 1. The molecule has 0 amide bonds. The highest BCUT2D eigenvalue weighted by Crippen LogP contribution is 2.10. The first-order chi connectivity index (χ1) is 8.60. The number of nitrogens with zero attached hydrogens (tertiary/aromatic N) is 1. The number of rotatable bonds is 8. The Morgan fingerprint density at radius 3 is 2.39 bits per heavy atom. The molecule has 0 atom stereocenters. The Bertz CT molecular complexity index is 431. The summed E-state index contributed by atoms with van der Waals surface area (Å²) >= 11 is 0. The van der Waals surface area contributed by atoms with Gasteiger partial charge < -0.3 is 5.11 Å². The molecule has 0 saturated heterocycles. The molecule has 18 heavy (non-hydrogen) atoms. The summed E-state index contributed by atoms with van der Waals surface area (Å²) in [5, 5.41) is 8.69. The summed E-state index contributed by atoms with van der Waals surface area (Å²) in [7, 11) is -3.22. The van der Waals surface area contributed by atoms with E-state index in [-0.39, 0.29) is 12.4 Å². The van der Waals surface area contributed by atoms with Crippen LogP contribution in [0.25, 0.3) is 0 Å². The van der Waals surface area contributed by atoms with E-state index in [4.69, 9.17) is 5.11 Å². The van der Waals surface area contributed by atoms with Gasteiger partial charge in [0, 0.05) is 19.7 Å². The molecule has 102 valence electrons. The fourth-order valence-corrected chi connectivity index (χ4v) is 3.29. The molecule has 0 radical (unpaired) electrons. The maximum Gasteiger partial charge on any atom is 0.214 e. The van der Waals surface area contributed by atoms with Gasteiger partial charge in [-0.1, -0.05) is 37.3 Å². The van der Waals surface area contributed by atoms with E-state index in [0.717, 1.165) is 5.56 Å². The minimum atomic E-state index is -3.22. The third-order valence-corrected chi connectivity index (χ3v) is 4.74. The van der Waals surface area contributed by atoms with Gasteiger partial charge in [0.05, 0.1) is 5.75 Å². The lowest BCUT2D eigenvalue weighted by Gasteiger charge is -2.20. The second-order valence-corrected chi connectivity index (χ2v) is 6.25. The third-order valence-electron chi connectivity index (χ3n) is 2.76. The fourth-order valence-electron chi connectivity index (χ4n) is 1.72. The lowest BCUT2D eigenvalue weighted by atomic mass is 10.2. The van der Waals surface area contributed by atoms with Gasteiger partial charge >= 0.3 is 0 Å². The van der Waals surface area contributed by atoms with Crippen LogP contribution in [-0.2, 0) is 16.6 Å². The first kappa shape index (κ1) is 15.1. The van der Waals surface area contributed by atoms with E-state index in [1.54, 1.807) is 0 Å². The average Bonchev–Trinajstić information content (AvgIpc) is 2.37. The molecule has 1 aromatic carbocycles. The van der Waals surface area contributed by atoms with Crippen molar-refractivity contribution >= 4 is 10.0 Å². The fraction of sp³-hybridized carbons (Fsp3) is 0.538. The topological polar surface area (TPSA) is 57.6 Å². The van der Waals surface area contributed by atoms with Crippen molar-refractivity contribution in [2.24, 2.45) is 0 Å². The van der Waals surface area contributed by atoms with Gasteiger partial charge in [-0.25, -0.2) is 8.42 Å². The van der Waals surface area contributed by atoms with Crippen LogP contribution in [0.15, 0.2) is 30.3 Å². The number of aliphatic hydroxyl groups excluding tert-OH is 1. The molecule has 0 unspecified atom stereocenters. The van der Waals surface area contributed by atoms with Crippen molar-refractivity contribution < 1.29 is 13.5 Å². The van der Waals surface area contributed by atoms with Gasteiger partial charge in [0.25, 0.3) is 0 Å². The highest BCUT2D eigenvalue weighted by Gasteiger charge is 2.19. The van der Waals surface area contributed by atoms with Crippen LogP contribution in [0.5, 0.6) is 0 Å². The van der Waals surface area contributed by atoms with Gasteiger partial charge in [0.2, 0.25) is 10.0 Å². The summed E-state index contributed by atoms with van der Waals surface area (Å²) in [5.74, 6) is 0.105. The second kappa shape index (κ2) is 7.51. The molecule has 1 N–H and O–H groups in total. The predicted octanol–water partition coefficient (Wildman–Crippen LogP) is 1.61. The molecular weight excluding hydrogens is 250 g/mol. The van der Waals surface area contributed by atoms with Gasteiger partial charge in [-0.3, -0.25) is 0 Å². The molecule has 0 aromatic heterocycles. The highest BCUT2D eigenvalue weighted by atomic mass is 32.2. The van der Waals surface area contributed by atoms with Gasteiger partial charge in [-0.2, -0.15) is 4.31 Å². The van der Waals surface area contributed by atoms with Crippen LogP contribution < -0.4 is 0 Å². The number of unbranched alkanes of at least 4 members (excludes halogenated alkanes) is 1. The van der Waals surface area contributed by atoms with E-state index in [1.807, 2.05) is 37.3 Å². The molecule has 4 nitrogen and oxygen atoms in total. The summed E-state index contributed by atoms with van der Waals surface area (Å²) in [5.41, 5.74) is 0.991. The van der Waals surface area contributed by atoms with Crippen molar-refractivity contribution in [3.8, 4) is 0 Å². The van der Waals surface area contributed by atoms with E-state index >= 15 is 0 Å². The number of aliphatic hydroxyl groups is 1. The molecular formula is C13H21NO3S. The van der Waals surface area contributed by atoms with E-state index in [9.17, 15) is 8.42 Å². The van der Waals surface area contributed by atoms with E-state index < -0.39 is 10.0 Å². The van der Waals surface area contributed by atoms with Crippen molar-refractivity contribution in [1.82, 2.24) is 4.31 Å². The molecule has 0 fully saturated rings. The monoisotopic (exact) mass is 271 g/mol. The zero-order chi connectivity index (χ0) is 13.4. The normalized spacial score (nSPS) is 11.9. The molecule has 5 heteroatoms. The Morgan fingerprint density at radius 1 is 1.17 bits per heavy atom. The molecule has 1 aromatic rings. The first-order valence-electron chi connectivity index (χ1n) is 6.22. The van der Waals surface area contributed by atoms with Crippen LogP contribution in [0.2, 0.25) is 0 Å². The molecule has 0 aliphatic rings. The molecule has 0 bridgehead atoms. The largest absolute Gasteiger partial charge is 0.396 e. The van der Waals surface area contributed by atoms with E-state index in [1.165, 1.54) is 4.31 Å². The predicted molar refractivity (Wildman–Crippen MR) is 72.6 cm³/mol. The Labute approximate surface area is 109 Å². The van der Waals surface area contributed by atoms with Crippen molar-refractivity contribution in [2.75, 3.05) is 18.9 Å². The summed E-state index contributed by atoms with van der Waals surface area (Å²) in [6.45, 7) is 2.77. The van der Waals surface area contributed by atoms with Crippen LogP contribution in [0.3, 0.4) is 0 Å². The SMILES string of the molecule is CCN(Cc1ccccc1)S(=O)(=O)CCCCO. The van der Waals surface area contributed by atoms with Crippen molar-refractivity contribution in [3.63, 3.8) is 0 Å². The van der Waals surface area contributed by atoms with Crippen LogP contribution in [0.4, 0.5) is 0 Å². The Hall–Kier alpha value is -0.910. The number of sulfonamides is 1. The van der Waals surface area contributed by atoms with Crippen molar-refractivity contribution in [1.29, 1.82) is 0 Å². The van der Waals surface area contributed by atoms with Gasteiger partial charge in [0.1, 0.15) is 0 Å². The quantitative estimate of drug-likeness (QED) is 0.731. The van der Waals surface area contributed by atoms with Crippen LogP contribution in [-0.4, -0.2) is 36.7 Å². The van der Waals surface area contributed by atoms with Gasteiger partial charge in [-0.15, -0.1) is 0 Å². The zero-order valence-electron chi connectivity index (χ0n) is 10.7. The van der Waals surface area contributed by atoms with Crippen LogP contribution in [0, 0.1) is 0 Å². The van der Waals surface area contributed by atoms with E-state index in [0.29, 0.717) is 25.9 Å². The lowest BCUT2D eigenvalue weighted by molar-refractivity contribution is 0.286. The summed E-state index contributed by atoms with van der Waals surface area (Å²) in [6, 6.07) is 9.57. The van der Waals surface area contributed by atoms with Crippen LogP contribution >= 0.6 is 0 Å².